The van der Waals surface area contributed by atoms with Gasteiger partial charge in [0.2, 0.25) is 5.95 Å². The number of nitrogen functional groups attached to an aromatic ring is 1. The summed E-state index contributed by atoms with van der Waals surface area (Å²) in [6.45, 7) is 2.72. The lowest BCUT2D eigenvalue weighted by atomic mass is 9.53. The van der Waals surface area contributed by atoms with E-state index in [0.717, 1.165) is 42.7 Å². The summed E-state index contributed by atoms with van der Waals surface area (Å²) in [4.78, 5) is 21.7. The van der Waals surface area contributed by atoms with Crippen molar-refractivity contribution in [3.8, 4) is 0 Å². The van der Waals surface area contributed by atoms with E-state index < -0.39 is 0 Å². The number of carbonyl (C=O) groups is 1. The van der Waals surface area contributed by atoms with Crippen molar-refractivity contribution in [2.75, 3.05) is 5.73 Å². The molecule has 0 radical (unpaired) electrons. The zero-order valence-electron chi connectivity index (χ0n) is 14.7. The van der Waals surface area contributed by atoms with Crippen molar-refractivity contribution in [3.63, 3.8) is 0 Å². The monoisotopic (exact) mass is 339 g/mol. The number of rotatable bonds is 3. The average molecular weight is 339 g/mol. The van der Waals surface area contributed by atoms with Crippen molar-refractivity contribution in [2.24, 2.45) is 17.8 Å². The highest BCUT2D eigenvalue weighted by atomic mass is 16.1. The summed E-state index contributed by atoms with van der Waals surface area (Å²) in [5, 5.41) is 3.40. The first-order valence-electron chi connectivity index (χ1n) is 9.49. The van der Waals surface area contributed by atoms with Gasteiger partial charge in [-0.1, -0.05) is 0 Å². The van der Waals surface area contributed by atoms with E-state index in [2.05, 4.69) is 15.3 Å². The Bertz CT molecular complexity index is 820. The largest absolute Gasteiger partial charge is 0.369 e. The summed E-state index contributed by atoms with van der Waals surface area (Å²) in [5.41, 5.74) is 7.97. The molecule has 0 saturated heterocycles. The third kappa shape index (κ3) is 2.34. The van der Waals surface area contributed by atoms with Crippen molar-refractivity contribution in [2.45, 2.75) is 57.5 Å². The van der Waals surface area contributed by atoms with Gasteiger partial charge >= 0.3 is 0 Å². The number of hydrogen-bond acceptors (Lipinski definition) is 4. The minimum atomic E-state index is -0.0130. The van der Waals surface area contributed by atoms with Crippen LogP contribution in [0.15, 0.2) is 12.3 Å². The van der Waals surface area contributed by atoms with Gasteiger partial charge in [-0.3, -0.25) is 9.36 Å². The zero-order valence-corrected chi connectivity index (χ0v) is 14.7. The molecule has 0 aliphatic heterocycles. The molecular weight excluding hydrogens is 314 g/mol. The van der Waals surface area contributed by atoms with Crippen LogP contribution in [0, 0.1) is 17.8 Å². The average Bonchev–Trinajstić information content (AvgIpc) is 2.87. The fourth-order valence-corrected chi connectivity index (χ4v) is 6.04. The van der Waals surface area contributed by atoms with Gasteiger partial charge in [0.25, 0.3) is 5.91 Å². The molecule has 132 valence electrons. The molecule has 4 bridgehead atoms. The van der Waals surface area contributed by atoms with E-state index >= 15 is 0 Å². The molecule has 25 heavy (non-hydrogen) atoms. The number of carbonyl (C=O) groups excluding carboxylic acids is 1. The van der Waals surface area contributed by atoms with Crippen molar-refractivity contribution in [3.05, 3.63) is 17.8 Å². The summed E-state index contributed by atoms with van der Waals surface area (Å²) >= 11 is 0. The van der Waals surface area contributed by atoms with Crippen LogP contribution in [0.1, 0.15) is 55.8 Å². The van der Waals surface area contributed by atoms with E-state index in [4.69, 9.17) is 5.73 Å². The molecule has 3 N–H and O–H groups in total. The number of aromatic nitrogens is 3. The van der Waals surface area contributed by atoms with Gasteiger partial charge in [0.05, 0.1) is 5.56 Å². The van der Waals surface area contributed by atoms with Gasteiger partial charge in [-0.15, -0.1) is 0 Å². The van der Waals surface area contributed by atoms with Crippen LogP contribution in [0.3, 0.4) is 0 Å². The predicted molar refractivity (Wildman–Crippen MR) is 96.0 cm³/mol. The lowest BCUT2D eigenvalue weighted by Gasteiger charge is -2.56. The summed E-state index contributed by atoms with van der Waals surface area (Å²) in [6, 6.07) is 1.82. The number of hydrogen-bond donors (Lipinski definition) is 2. The first kappa shape index (κ1) is 15.2. The van der Waals surface area contributed by atoms with E-state index in [1.165, 1.54) is 19.3 Å². The Balaban J connectivity index is 1.42. The van der Waals surface area contributed by atoms with Gasteiger partial charge in [0.1, 0.15) is 5.52 Å². The van der Waals surface area contributed by atoms with E-state index in [1.54, 1.807) is 6.20 Å². The standard InChI is InChI=1S/C19H25N5O/c1-2-24-16-15(22-18(24)20)6-14(10-21-16)17(25)23-19-7-11-3-12(8-19)5-13(4-11)9-19/h6,10-13H,2-5,7-9H2,1H3,(H2,20,22)(H,23,25). The number of aryl methyl sites for hydroxylation is 1. The number of anilines is 1. The summed E-state index contributed by atoms with van der Waals surface area (Å²) < 4.78 is 1.86. The molecule has 0 unspecified atom stereocenters. The third-order valence-electron chi connectivity index (χ3n) is 6.61. The van der Waals surface area contributed by atoms with Gasteiger partial charge in [0, 0.05) is 18.3 Å². The first-order valence-corrected chi connectivity index (χ1v) is 9.49. The number of pyridine rings is 1. The van der Waals surface area contributed by atoms with Gasteiger partial charge in [-0.25, -0.2) is 9.97 Å². The number of amides is 1. The fourth-order valence-electron chi connectivity index (χ4n) is 6.04. The molecule has 2 heterocycles. The van der Waals surface area contributed by atoms with Crippen LogP contribution in [0.5, 0.6) is 0 Å². The maximum absolute atomic E-state index is 12.9. The molecule has 0 spiro atoms. The van der Waals surface area contributed by atoms with Gasteiger partial charge in [-0.2, -0.15) is 0 Å². The zero-order chi connectivity index (χ0) is 17.2. The van der Waals surface area contributed by atoms with Gasteiger partial charge in [0.15, 0.2) is 5.65 Å². The number of fused-ring (bicyclic) bond motifs is 1. The molecule has 0 atom stereocenters. The maximum atomic E-state index is 12.9. The molecule has 6 rings (SSSR count). The van der Waals surface area contributed by atoms with Gasteiger partial charge < -0.3 is 11.1 Å². The van der Waals surface area contributed by atoms with Crippen LogP contribution in [0.2, 0.25) is 0 Å². The summed E-state index contributed by atoms with van der Waals surface area (Å²) in [5.74, 6) is 2.87. The van der Waals surface area contributed by atoms with Crippen molar-refractivity contribution < 1.29 is 4.79 Å². The van der Waals surface area contributed by atoms with E-state index in [1.807, 2.05) is 17.6 Å². The van der Waals surface area contributed by atoms with Crippen LogP contribution < -0.4 is 11.1 Å². The smallest absolute Gasteiger partial charge is 0.253 e. The molecule has 4 saturated carbocycles. The Labute approximate surface area is 147 Å². The van der Waals surface area contributed by atoms with E-state index in [-0.39, 0.29) is 11.4 Å². The molecule has 6 nitrogen and oxygen atoms in total. The van der Waals surface area contributed by atoms with Crippen molar-refractivity contribution >= 4 is 23.0 Å². The molecule has 4 aliphatic rings. The number of nitrogens with two attached hydrogens (primary N) is 1. The topological polar surface area (TPSA) is 85.8 Å². The fraction of sp³-hybridized carbons (Fsp3) is 0.632. The lowest BCUT2D eigenvalue weighted by molar-refractivity contribution is -0.0167. The first-order chi connectivity index (χ1) is 12.0. The van der Waals surface area contributed by atoms with E-state index in [0.29, 0.717) is 23.6 Å². The summed E-state index contributed by atoms with van der Waals surface area (Å²) in [7, 11) is 0. The van der Waals surface area contributed by atoms with Gasteiger partial charge in [-0.05, 0) is 69.3 Å². The Morgan fingerprint density at radius 1 is 1.28 bits per heavy atom. The number of imidazole rings is 1. The molecule has 4 aliphatic carbocycles. The highest BCUT2D eigenvalue weighted by Crippen LogP contribution is 2.55. The SMILES string of the molecule is CCn1c(N)nc2cc(C(=O)NC34CC5CC(CC(C5)C3)C4)cnc21. The second-order valence-corrected chi connectivity index (χ2v) is 8.43. The van der Waals surface area contributed by atoms with Crippen LogP contribution in [0.25, 0.3) is 11.2 Å². The Morgan fingerprint density at radius 2 is 1.92 bits per heavy atom. The van der Waals surface area contributed by atoms with Crippen molar-refractivity contribution in [1.29, 1.82) is 0 Å². The third-order valence-corrected chi connectivity index (χ3v) is 6.61. The maximum Gasteiger partial charge on any atom is 0.253 e. The second kappa shape index (κ2) is 5.19. The van der Waals surface area contributed by atoms with Crippen molar-refractivity contribution in [1.82, 2.24) is 19.9 Å². The summed E-state index contributed by atoms with van der Waals surface area (Å²) in [6.07, 6.45) is 9.22. The Kier molecular flexibility index (Phi) is 3.15. The van der Waals surface area contributed by atoms with Crippen LogP contribution in [0.4, 0.5) is 5.95 Å². The molecule has 0 aromatic carbocycles. The molecule has 2 aromatic heterocycles. The molecule has 2 aromatic rings. The van der Waals surface area contributed by atoms with Crippen LogP contribution in [-0.2, 0) is 6.54 Å². The molecular formula is C19H25N5O. The molecule has 6 heteroatoms. The van der Waals surface area contributed by atoms with E-state index in [9.17, 15) is 4.79 Å². The highest BCUT2D eigenvalue weighted by Gasteiger charge is 2.51. The molecule has 4 fully saturated rings. The minimum Gasteiger partial charge on any atom is -0.369 e. The lowest BCUT2D eigenvalue weighted by Crippen LogP contribution is -2.59. The number of nitrogens with zero attached hydrogens (tertiary/aromatic N) is 3. The Hall–Kier alpha value is -2.11. The van der Waals surface area contributed by atoms with Crippen LogP contribution in [-0.4, -0.2) is 26.0 Å². The number of nitrogens with one attached hydrogen (secondary N) is 1. The minimum absolute atomic E-state index is 0.0130. The quantitative estimate of drug-likeness (QED) is 0.900. The normalized spacial score (nSPS) is 33.1. The Morgan fingerprint density at radius 3 is 2.52 bits per heavy atom. The second-order valence-electron chi connectivity index (χ2n) is 8.43. The predicted octanol–water partition coefficient (Wildman–Crippen LogP) is 2.73. The van der Waals surface area contributed by atoms with Crippen LogP contribution >= 0.6 is 0 Å². The highest BCUT2D eigenvalue weighted by molar-refractivity contribution is 5.97. The molecule has 1 amide bonds.